The molecule has 35 heavy (non-hydrogen) atoms. The first-order chi connectivity index (χ1) is 16.4. The summed E-state index contributed by atoms with van der Waals surface area (Å²) in [6.07, 6.45) is 2.45. The van der Waals surface area contributed by atoms with Crippen molar-refractivity contribution >= 4 is 18.1 Å². The largest absolute Gasteiger partial charge is 0.444 e. The average molecular weight is 491 g/mol. The van der Waals surface area contributed by atoms with Crippen molar-refractivity contribution in [3.8, 4) is 0 Å². The number of benzene rings is 1. The van der Waals surface area contributed by atoms with E-state index in [0.717, 1.165) is 32.2 Å². The van der Waals surface area contributed by atoms with Gasteiger partial charge in [-0.2, -0.15) is 0 Å². The van der Waals surface area contributed by atoms with Gasteiger partial charge in [0, 0.05) is 12.6 Å². The third-order valence-corrected chi connectivity index (χ3v) is 4.99. The van der Waals surface area contributed by atoms with Crippen LogP contribution in [0.4, 0.5) is 9.59 Å². The predicted octanol–water partition coefficient (Wildman–Crippen LogP) is 4.51. The Bertz CT molecular complexity index is 798. The van der Waals surface area contributed by atoms with E-state index in [0.29, 0.717) is 19.2 Å². The Hall–Kier alpha value is -2.65. The zero-order valence-corrected chi connectivity index (χ0v) is 22.0. The first-order valence-electron chi connectivity index (χ1n) is 12.3. The first kappa shape index (κ1) is 28.6. The Morgan fingerprint density at radius 3 is 2.17 bits per heavy atom. The fourth-order valence-electron chi connectivity index (χ4n) is 3.57. The van der Waals surface area contributed by atoms with Crippen LogP contribution in [0.5, 0.6) is 0 Å². The maximum atomic E-state index is 12.2. The van der Waals surface area contributed by atoms with E-state index in [1.54, 1.807) is 41.5 Å². The van der Waals surface area contributed by atoms with Gasteiger partial charge in [0.2, 0.25) is 5.96 Å². The van der Waals surface area contributed by atoms with Crippen LogP contribution in [-0.2, 0) is 20.8 Å². The summed E-state index contributed by atoms with van der Waals surface area (Å²) in [5.41, 5.74) is -0.167. The van der Waals surface area contributed by atoms with Crippen molar-refractivity contribution in [1.29, 1.82) is 0 Å². The number of hydrogen-bond acceptors (Lipinski definition) is 7. The van der Waals surface area contributed by atoms with Gasteiger partial charge < -0.3 is 19.5 Å². The Morgan fingerprint density at radius 2 is 1.60 bits per heavy atom. The lowest BCUT2D eigenvalue weighted by molar-refractivity contribution is 0.00990. The summed E-state index contributed by atoms with van der Waals surface area (Å²) >= 11 is 0. The van der Waals surface area contributed by atoms with Crippen LogP contribution in [0.1, 0.15) is 72.8 Å². The molecule has 1 unspecified atom stereocenters. The number of amides is 2. The molecule has 0 aromatic heterocycles. The number of alkyl carbamates (subject to hydrolysis) is 2. The van der Waals surface area contributed by atoms with Crippen LogP contribution in [0, 0.1) is 0 Å². The predicted molar refractivity (Wildman–Crippen MR) is 136 cm³/mol. The van der Waals surface area contributed by atoms with Gasteiger partial charge in [0.05, 0.1) is 12.7 Å². The smallest absolute Gasteiger partial charge is 0.414 e. The Balaban J connectivity index is 1.83. The molecule has 2 amide bonds. The number of piperidine rings is 1. The highest BCUT2D eigenvalue weighted by Crippen LogP contribution is 2.18. The van der Waals surface area contributed by atoms with Gasteiger partial charge in [0.1, 0.15) is 11.2 Å². The number of nitrogens with zero attached hydrogens (tertiary/aromatic N) is 1. The van der Waals surface area contributed by atoms with Crippen molar-refractivity contribution in [3.63, 3.8) is 0 Å². The summed E-state index contributed by atoms with van der Waals surface area (Å²) in [7, 11) is 0. The highest BCUT2D eigenvalue weighted by molar-refractivity contribution is 6.01. The lowest BCUT2D eigenvalue weighted by Crippen LogP contribution is -2.47. The molecule has 1 aliphatic heterocycles. The Morgan fingerprint density at radius 1 is 1.00 bits per heavy atom. The van der Waals surface area contributed by atoms with E-state index in [4.69, 9.17) is 14.2 Å². The average Bonchev–Trinajstić information content (AvgIpc) is 2.73. The monoisotopic (exact) mass is 490 g/mol. The van der Waals surface area contributed by atoms with Gasteiger partial charge in [0.15, 0.2) is 0 Å². The Labute approximate surface area is 209 Å². The lowest BCUT2D eigenvalue weighted by atomic mass is 9.98. The first-order valence-corrected chi connectivity index (χ1v) is 12.3. The summed E-state index contributed by atoms with van der Waals surface area (Å²) in [5, 5.41) is 8.56. The van der Waals surface area contributed by atoms with Gasteiger partial charge in [-0.1, -0.05) is 30.3 Å². The van der Waals surface area contributed by atoms with Crippen molar-refractivity contribution in [2.24, 2.45) is 4.99 Å². The van der Waals surface area contributed by atoms with E-state index in [1.165, 1.54) is 5.56 Å². The van der Waals surface area contributed by atoms with Crippen LogP contribution in [0.3, 0.4) is 0 Å². The van der Waals surface area contributed by atoms with E-state index < -0.39 is 23.4 Å². The zero-order valence-electron chi connectivity index (χ0n) is 22.0. The summed E-state index contributed by atoms with van der Waals surface area (Å²) in [5.74, 6) is 0.00849. The molecule has 1 saturated heterocycles. The van der Waals surface area contributed by atoms with E-state index in [-0.39, 0.29) is 12.1 Å². The number of ether oxygens (including phenoxy) is 3. The molecule has 1 fully saturated rings. The highest BCUT2D eigenvalue weighted by Gasteiger charge is 2.23. The van der Waals surface area contributed by atoms with Crippen LogP contribution in [0.15, 0.2) is 35.3 Å². The SMILES string of the molecule is CC(C)(C)OC(=O)NC(=NCCC[C@H]1CC(OCc2ccccc2)CCN1)NC(=O)OC(C)(C)C. The van der Waals surface area contributed by atoms with E-state index in [1.807, 2.05) is 18.2 Å². The molecule has 9 nitrogen and oxygen atoms in total. The Kier molecular flexibility index (Phi) is 11.0. The van der Waals surface area contributed by atoms with E-state index in [9.17, 15) is 9.59 Å². The number of carbonyl (C=O) groups is 2. The molecule has 0 bridgehead atoms. The molecule has 0 radical (unpaired) electrons. The second-order valence-electron chi connectivity index (χ2n) is 10.7. The third-order valence-electron chi connectivity index (χ3n) is 4.99. The quantitative estimate of drug-likeness (QED) is 0.295. The van der Waals surface area contributed by atoms with Crippen molar-refractivity contribution in [2.45, 2.75) is 97.2 Å². The van der Waals surface area contributed by atoms with Crippen molar-refractivity contribution in [3.05, 3.63) is 35.9 Å². The number of guanidine groups is 1. The molecular weight excluding hydrogens is 448 g/mol. The molecule has 1 aromatic carbocycles. The standard InChI is InChI=1S/C26H42N4O5/c1-25(2,3)34-23(31)29-22(30-24(32)35-26(4,5)6)28-15-10-13-20-17-21(14-16-27-20)33-18-19-11-8-7-9-12-19/h7-9,11-12,20-21,27H,10,13-18H2,1-6H3,(H2,28,29,30,31,32)/t20-,21?/m0/s1. The van der Waals surface area contributed by atoms with Crippen LogP contribution in [-0.4, -0.2) is 54.6 Å². The van der Waals surface area contributed by atoms with Gasteiger partial charge in [-0.25, -0.2) is 9.59 Å². The van der Waals surface area contributed by atoms with Gasteiger partial charge in [0.25, 0.3) is 0 Å². The number of hydrogen-bond donors (Lipinski definition) is 3. The van der Waals surface area contributed by atoms with Crippen molar-refractivity contribution in [1.82, 2.24) is 16.0 Å². The number of aliphatic imine (C=N–C) groups is 1. The van der Waals surface area contributed by atoms with Gasteiger partial charge in [-0.15, -0.1) is 0 Å². The summed E-state index contributed by atoms with van der Waals surface area (Å²) < 4.78 is 16.7. The number of nitrogens with one attached hydrogen (secondary N) is 3. The molecule has 196 valence electrons. The normalized spacial score (nSPS) is 18.3. The van der Waals surface area contributed by atoms with Gasteiger partial charge in [-0.05, 0) is 79.3 Å². The minimum Gasteiger partial charge on any atom is -0.444 e. The second kappa shape index (κ2) is 13.4. The summed E-state index contributed by atoms with van der Waals surface area (Å²) in [6, 6.07) is 10.5. The topological polar surface area (TPSA) is 110 Å². The lowest BCUT2D eigenvalue weighted by Gasteiger charge is -2.30. The molecule has 2 rings (SSSR count). The fraction of sp³-hybridized carbons (Fsp3) is 0.654. The highest BCUT2D eigenvalue weighted by atomic mass is 16.6. The fourth-order valence-corrected chi connectivity index (χ4v) is 3.57. The zero-order chi connectivity index (χ0) is 25.9. The maximum absolute atomic E-state index is 12.2. The van der Waals surface area contributed by atoms with Crippen molar-refractivity contribution in [2.75, 3.05) is 13.1 Å². The van der Waals surface area contributed by atoms with Crippen LogP contribution in [0.25, 0.3) is 0 Å². The van der Waals surface area contributed by atoms with E-state index >= 15 is 0 Å². The molecule has 0 saturated carbocycles. The van der Waals surface area contributed by atoms with Gasteiger partial charge in [-0.3, -0.25) is 15.6 Å². The van der Waals surface area contributed by atoms with E-state index in [2.05, 4.69) is 33.1 Å². The van der Waals surface area contributed by atoms with Gasteiger partial charge >= 0.3 is 12.2 Å². The number of carbonyl (C=O) groups excluding carboxylic acids is 2. The van der Waals surface area contributed by atoms with Crippen LogP contribution in [0.2, 0.25) is 0 Å². The second-order valence-corrected chi connectivity index (χ2v) is 10.7. The summed E-state index contributed by atoms with van der Waals surface area (Å²) in [6.45, 7) is 12.5. The third kappa shape index (κ3) is 13.1. The molecule has 1 heterocycles. The molecule has 3 N–H and O–H groups in total. The summed E-state index contributed by atoms with van der Waals surface area (Å²) in [4.78, 5) is 28.7. The molecule has 0 spiro atoms. The molecule has 2 atom stereocenters. The maximum Gasteiger partial charge on any atom is 0.414 e. The molecule has 0 aliphatic carbocycles. The minimum atomic E-state index is -0.695. The van der Waals surface area contributed by atoms with Crippen molar-refractivity contribution < 1.29 is 23.8 Å². The molecule has 9 heteroatoms. The number of rotatable bonds is 7. The molecule has 1 aromatic rings. The van der Waals surface area contributed by atoms with Crippen LogP contribution >= 0.6 is 0 Å². The minimum absolute atomic E-state index is 0.00849. The molecule has 1 aliphatic rings. The van der Waals surface area contributed by atoms with Crippen LogP contribution < -0.4 is 16.0 Å². The molecular formula is C26H42N4O5.